The highest BCUT2D eigenvalue weighted by atomic mass is 127. The van der Waals surface area contributed by atoms with E-state index in [0.29, 0.717) is 0 Å². The van der Waals surface area contributed by atoms with Gasteiger partial charge in [0, 0.05) is 24.6 Å². The highest BCUT2D eigenvalue weighted by molar-refractivity contribution is 14.1. The van der Waals surface area contributed by atoms with E-state index in [0.717, 1.165) is 23.9 Å². The topological polar surface area (TPSA) is 43.6 Å². The molecule has 0 atom stereocenters. The molecule has 17 heavy (non-hydrogen) atoms. The summed E-state index contributed by atoms with van der Waals surface area (Å²) in [6, 6.07) is 0. The van der Waals surface area contributed by atoms with E-state index in [1.54, 1.807) is 18.6 Å². The maximum atomic E-state index is 4.67. The molecule has 0 radical (unpaired) electrons. The number of hydrogen-bond acceptors (Lipinski definition) is 3. The second kappa shape index (κ2) is 4.36. The van der Waals surface area contributed by atoms with Crippen LogP contribution in [0.25, 0.3) is 11.4 Å². The molecule has 0 unspecified atom stereocenters. The van der Waals surface area contributed by atoms with E-state index in [-0.39, 0.29) is 0 Å². The molecule has 0 aliphatic heterocycles. The summed E-state index contributed by atoms with van der Waals surface area (Å²) in [5, 5.41) is 4.67. The van der Waals surface area contributed by atoms with Crippen LogP contribution in [0, 0.1) is 16.4 Å². The Morgan fingerprint density at radius 2 is 2.24 bits per heavy atom. The third-order valence-electron chi connectivity index (χ3n) is 3.07. The monoisotopic (exact) mass is 340 g/mol. The first-order chi connectivity index (χ1) is 8.25. The molecule has 0 amide bonds. The van der Waals surface area contributed by atoms with Crippen molar-refractivity contribution in [2.75, 3.05) is 0 Å². The molecule has 0 spiro atoms. The van der Waals surface area contributed by atoms with Crippen LogP contribution in [0.5, 0.6) is 0 Å². The summed E-state index contributed by atoms with van der Waals surface area (Å²) in [5.41, 5.74) is 3.05. The Kier molecular flexibility index (Phi) is 2.85. The predicted molar refractivity (Wildman–Crippen MR) is 73.4 cm³/mol. The van der Waals surface area contributed by atoms with Crippen molar-refractivity contribution in [1.29, 1.82) is 0 Å². The normalized spacial score (nSPS) is 15.2. The molecule has 0 bridgehead atoms. The summed E-state index contributed by atoms with van der Waals surface area (Å²) >= 11 is 2.35. The molecule has 1 fully saturated rings. The van der Waals surface area contributed by atoms with Crippen molar-refractivity contribution in [3.05, 3.63) is 27.9 Å². The minimum atomic E-state index is 0.833. The Bertz CT molecular complexity index is 531. The van der Waals surface area contributed by atoms with Gasteiger partial charge in [0.15, 0.2) is 0 Å². The Balaban J connectivity index is 1.99. The molecule has 5 heteroatoms. The molecule has 1 aliphatic rings. The van der Waals surface area contributed by atoms with Gasteiger partial charge in [0.2, 0.25) is 0 Å². The zero-order valence-electron chi connectivity index (χ0n) is 9.60. The van der Waals surface area contributed by atoms with Crippen LogP contribution in [0.2, 0.25) is 0 Å². The SMILES string of the molecule is Cc1c(I)c(-c2cnccn2)nn1CC1CC1. The largest absolute Gasteiger partial charge is 0.268 e. The standard InChI is InChI=1S/C12H13IN4/c1-8-11(13)12(10-6-14-4-5-15-10)16-17(8)7-9-2-3-9/h4-6,9H,2-3,7H2,1H3. The van der Waals surface area contributed by atoms with Crippen LogP contribution >= 0.6 is 22.6 Å². The van der Waals surface area contributed by atoms with Gasteiger partial charge in [-0.05, 0) is 48.3 Å². The molecule has 1 saturated carbocycles. The highest BCUT2D eigenvalue weighted by Gasteiger charge is 2.24. The molecular weight excluding hydrogens is 327 g/mol. The molecule has 2 aromatic heterocycles. The Morgan fingerprint density at radius 3 is 2.88 bits per heavy atom. The smallest absolute Gasteiger partial charge is 0.126 e. The van der Waals surface area contributed by atoms with Gasteiger partial charge in [-0.1, -0.05) is 0 Å². The number of halogens is 1. The fourth-order valence-electron chi connectivity index (χ4n) is 1.83. The zero-order chi connectivity index (χ0) is 11.8. The van der Waals surface area contributed by atoms with Crippen LogP contribution in [0.1, 0.15) is 18.5 Å². The van der Waals surface area contributed by atoms with Gasteiger partial charge in [-0.15, -0.1) is 0 Å². The van der Waals surface area contributed by atoms with Gasteiger partial charge in [-0.25, -0.2) is 0 Å². The molecule has 3 rings (SSSR count). The van der Waals surface area contributed by atoms with Crippen molar-refractivity contribution in [2.24, 2.45) is 5.92 Å². The van der Waals surface area contributed by atoms with Gasteiger partial charge in [0.25, 0.3) is 0 Å². The molecule has 1 aliphatic carbocycles. The highest BCUT2D eigenvalue weighted by Crippen LogP contribution is 2.32. The molecule has 2 aromatic rings. The van der Waals surface area contributed by atoms with Crippen molar-refractivity contribution in [1.82, 2.24) is 19.7 Å². The van der Waals surface area contributed by atoms with Crippen LogP contribution in [0.4, 0.5) is 0 Å². The molecule has 4 nitrogen and oxygen atoms in total. The van der Waals surface area contributed by atoms with Gasteiger partial charge in [0.05, 0.1) is 9.77 Å². The summed E-state index contributed by atoms with van der Waals surface area (Å²) in [5.74, 6) is 0.833. The van der Waals surface area contributed by atoms with Gasteiger partial charge in [-0.2, -0.15) is 5.10 Å². The molecule has 0 N–H and O–H groups in total. The molecular formula is C12H13IN4. The van der Waals surface area contributed by atoms with Crippen molar-refractivity contribution in [3.63, 3.8) is 0 Å². The summed E-state index contributed by atoms with van der Waals surface area (Å²) in [6.45, 7) is 3.17. The first-order valence-corrected chi connectivity index (χ1v) is 6.83. The van der Waals surface area contributed by atoms with E-state index in [2.05, 4.69) is 49.3 Å². The Labute approximate surface area is 114 Å². The third-order valence-corrected chi connectivity index (χ3v) is 4.36. The lowest BCUT2D eigenvalue weighted by Gasteiger charge is -2.01. The second-order valence-corrected chi connectivity index (χ2v) is 5.54. The van der Waals surface area contributed by atoms with Crippen LogP contribution in [0.15, 0.2) is 18.6 Å². The zero-order valence-corrected chi connectivity index (χ0v) is 11.8. The molecule has 0 saturated heterocycles. The summed E-state index contributed by atoms with van der Waals surface area (Å²) < 4.78 is 3.30. The quantitative estimate of drug-likeness (QED) is 0.807. The van der Waals surface area contributed by atoms with Crippen LogP contribution in [-0.2, 0) is 6.54 Å². The van der Waals surface area contributed by atoms with E-state index in [4.69, 9.17) is 0 Å². The fraction of sp³-hybridized carbons (Fsp3) is 0.417. The van der Waals surface area contributed by atoms with Gasteiger partial charge >= 0.3 is 0 Å². The maximum Gasteiger partial charge on any atom is 0.126 e. The molecule has 88 valence electrons. The van der Waals surface area contributed by atoms with Crippen LogP contribution in [0.3, 0.4) is 0 Å². The fourth-order valence-corrected chi connectivity index (χ4v) is 2.49. The van der Waals surface area contributed by atoms with E-state index in [1.807, 2.05) is 0 Å². The lowest BCUT2D eigenvalue weighted by molar-refractivity contribution is 0.550. The predicted octanol–water partition coefficient (Wildman–Crippen LogP) is 2.66. The van der Waals surface area contributed by atoms with Crippen LogP contribution in [-0.4, -0.2) is 19.7 Å². The number of hydrogen-bond donors (Lipinski definition) is 0. The molecule has 0 aromatic carbocycles. The van der Waals surface area contributed by atoms with Crippen molar-refractivity contribution in [3.8, 4) is 11.4 Å². The minimum absolute atomic E-state index is 0.833. The summed E-state index contributed by atoms with van der Waals surface area (Å²) in [4.78, 5) is 8.42. The molecule has 2 heterocycles. The lowest BCUT2D eigenvalue weighted by atomic mass is 10.3. The number of aromatic nitrogens is 4. The Hall–Kier alpha value is -0.980. The van der Waals surface area contributed by atoms with E-state index in [9.17, 15) is 0 Å². The first kappa shape index (κ1) is 11.1. The first-order valence-electron chi connectivity index (χ1n) is 5.75. The van der Waals surface area contributed by atoms with Gasteiger partial charge in [-0.3, -0.25) is 14.6 Å². The van der Waals surface area contributed by atoms with E-state index < -0.39 is 0 Å². The van der Waals surface area contributed by atoms with Crippen molar-refractivity contribution in [2.45, 2.75) is 26.3 Å². The van der Waals surface area contributed by atoms with Crippen molar-refractivity contribution >= 4 is 22.6 Å². The van der Waals surface area contributed by atoms with Gasteiger partial charge in [0.1, 0.15) is 11.4 Å². The lowest BCUT2D eigenvalue weighted by Crippen LogP contribution is -2.04. The van der Waals surface area contributed by atoms with Crippen LogP contribution < -0.4 is 0 Å². The van der Waals surface area contributed by atoms with E-state index in [1.165, 1.54) is 22.1 Å². The summed E-state index contributed by atoms with van der Waals surface area (Å²) in [7, 11) is 0. The van der Waals surface area contributed by atoms with E-state index >= 15 is 0 Å². The second-order valence-electron chi connectivity index (χ2n) is 4.46. The summed E-state index contributed by atoms with van der Waals surface area (Å²) in [6.07, 6.45) is 7.85. The third kappa shape index (κ3) is 2.20. The number of rotatable bonds is 3. The average molecular weight is 340 g/mol. The number of nitrogens with zero attached hydrogens (tertiary/aromatic N) is 4. The minimum Gasteiger partial charge on any atom is -0.268 e. The average Bonchev–Trinajstić information content (AvgIpc) is 3.13. The Morgan fingerprint density at radius 1 is 1.41 bits per heavy atom. The van der Waals surface area contributed by atoms with Gasteiger partial charge < -0.3 is 0 Å². The van der Waals surface area contributed by atoms with Crippen molar-refractivity contribution < 1.29 is 0 Å². The maximum absolute atomic E-state index is 4.67.